The first-order valence-electron chi connectivity index (χ1n) is 11.9. The lowest BCUT2D eigenvalue weighted by Crippen LogP contribution is -2.27. The number of benzene rings is 1. The summed E-state index contributed by atoms with van der Waals surface area (Å²) in [5.74, 6) is -0.434. The van der Waals surface area contributed by atoms with E-state index in [1.165, 1.54) is 6.07 Å². The molecular formula is C28H23FN8O. The van der Waals surface area contributed by atoms with E-state index >= 15 is 0 Å². The Kier molecular flexibility index (Phi) is 5.85. The molecule has 1 amide bonds. The number of anilines is 1. The van der Waals surface area contributed by atoms with E-state index in [0.29, 0.717) is 28.2 Å². The maximum atomic E-state index is 14.6. The Labute approximate surface area is 216 Å². The predicted octanol–water partition coefficient (Wildman–Crippen LogP) is 4.87. The topological polar surface area (TPSA) is 115 Å². The summed E-state index contributed by atoms with van der Waals surface area (Å²) in [6, 6.07) is 12.4. The standard InChI is InChI=1S/C28H23FN8O/c1-37(2)15-27(38)33-17-7-16(10-30-11-17)23-9-20-26(14-32-23)35-36-28(20)24-8-19-21(12-31-13-25(19)34-24)18-5-3-4-6-22(18)29/h3-14,34H,15H2,1-2H3,(H,33,38)(H,35,36). The molecule has 0 spiro atoms. The van der Waals surface area contributed by atoms with Crippen molar-refractivity contribution >= 4 is 33.4 Å². The van der Waals surface area contributed by atoms with Gasteiger partial charge in [-0.25, -0.2) is 4.39 Å². The van der Waals surface area contributed by atoms with Gasteiger partial charge >= 0.3 is 0 Å². The summed E-state index contributed by atoms with van der Waals surface area (Å²) in [4.78, 5) is 30.5. The molecule has 6 aromatic rings. The van der Waals surface area contributed by atoms with Gasteiger partial charge in [0.05, 0.1) is 53.2 Å². The molecule has 0 aliphatic heterocycles. The molecule has 5 heterocycles. The Morgan fingerprint density at radius 2 is 1.79 bits per heavy atom. The van der Waals surface area contributed by atoms with Crippen LogP contribution in [0.2, 0.25) is 0 Å². The van der Waals surface area contributed by atoms with E-state index in [1.807, 2.05) is 32.3 Å². The average molecular weight is 507 g/mol. The van der Waals surface area contributed by atoms with Crippen LogP contribution in [-0.2, 0) is 4.79 Å². The van der Waals surface area contributed by atoms with Gasteiger partial charge in [-0.05, 0) is 38.4 Å². The Morgan fingerprint density at radius 1 is 0.947 bits per heavy atom. The molecule has 0 saturated carbocycles. The normalized spacial score (nSPS) is 11.5. The number of aromatic nitrogens is 6. The van der Waals surface area contributed by atoms with Gasteiger partial charge in [0, 0.05) is 39.9 Å². The van der Waals surface area contributed by atoms with Gasteiger partial charge in [-0.3, -0.25) is 24.8 Å². The predicted molar refractivity (Wildman–Crippen MR) is 145 cm³/mol. The number of halogens is 1. The van der Waals surface area contributed by atoms with E-state index < -0.39 is 0 Å². The first kappa shape index (κ1) is 23.4. The molecule has 6 rings (SSSR count). The Bertz CT molecular complexity index is 1810. The highest BCUT2D eigenvalue weighted by atomic mass is 19.1. The number of rotatable bonds is 6. The first-order valence-corrected chi connectivity index (χ1v) is 11.9. The molecular weight excluding hydrogens is 483 g/mol. The molecule has 10 heteroatoms. The van der Waals surface area contributed by atoms with Crippen molar-refractivity contribution in [1.82, 2.24) is 35.0 Å². The monoisotopic (exact) mass is 506 g/mol. The van der Waals surface area contributed by atoms with Gasteiger partial charge < -0.3 is 15.2 Å². The SMILES string of the molecule is CN(C)CC(=O)Nc1cncc(-c2cc3c(-c4cc5c(-c6ccccc6F)cncc5[nH]4)n[nH]c3cn2)c1. The minimum absolute atomic E-state index is 0.127. The molecule has 38 heavy (non-hydrogen) atoms. The van der Waals surface area contributed by atoms with Crippen LogP contribution in [0.3, 0.4) is 0 Å². The molecule has 0 bridgehead atoms. The molecule has 188 valence electrons. The van der Waals surface area contributed by atoms with Crippen LogP contribution in [0.5, 0.6) is 0 Å². The van der Waals surface area contributed by atoms with Crippen LogP contribution in [0.1, 0.15) is 0 Å². The van der Waals surface area contributed by atoms with Gasteiger partial charge in [-0.15, -0.1) is 0 Å². The van der Waals surface area contributed by atoms with Crippen molar-refractivity contribution in [2.24, 2.45) is 0 Å². The van der Waals surface area contributed by atoms with Crippen molar-refractivity contribution in [3.8, 4) is 33.8 Å². The zero-order valence-corrected chi connectivity index (χ0v) is 20.7. The van der Waals surface area contributed by atoms with Gasteiger partial charge in [-0.1, -0.05) is 18.2 Å². The van der Waals surface area contributed by atoms with E-state index in [2.05, 4.69) is 35.5 Å². The fraction of sp³-hybridized carbons (Fsp3) is 0.107. The van der Waals surface area contributed by atoms with Crippen molar-refractivity contribution in [2.45, 2.75) is 0 Å². The highest BCUT2D eigenvalue weighted by molar-refractivity contribution is 6.01. The average Bonchev–Trinajstić information content (AvgIpc) is 3.52. The molecule has 0 saturated heterocycles. The number of pyridine rings is 3. The summed E-state index contributed by atoms with van der Waals surface area (Å²) in [7, 11) is 3.67. The second-order valence-electron chi connectivity index (χ2n) is 9.25. The van der Waals surface area contributed by atoms with Crippen molar-refractivity contribution < 1.29 is 9.18 Å². The van der Waals surface area contributed by atoms with Crippen LogP contribution in [-0.4, -0.2) is 61.6 Å². The van der Waals surface area contributed by atoms with Crippen LogP contribution in [0.25, 0.3) is 55.6 Å². The van der Waals surface area contributed by atoms with Crippen LogP contribution in [0.4, 0.5) is 10.1 Å². The summed E-state index contributed by atoms with van der Waals surface area (Å²) in [5.41, 5.74) is 6.21. The number of H-pyrrole nitrogens is 2. The number of carbonyl (C=O) groups excluding carboxylic acids is 1. The number of hydrogen-bond donors (Lipinski definition) is 3. The molecule has 3 N–H and O–H groups in total. The fourth-order valence-corrected chi connectivity index (χ4v) is 4.49. The lowest BCUT2D eigenvalue weighted by Gasteiger charge is -2.10. The van der Waals surface area contributed by atoms with Gasteiger partial charge in [-0.2, -0.15) is 5.10 Å². The minimum Gasteiger partial charge on any atom is -0.352 e. The van der Waals surface area contributed by atoms with Crippen molar-refractivity contribution in [2.75, 3.05) is 26.0 Å². The Hall–Kier alpha value is -4.96. The Balaban J connectivity index is 1.39. The van der Waals surface area contributed by atoms with Crippen molar-refractivity contribution in [3.05, 3.63) is 79.3 Å². The van der Waals surface area contributed by atoms with E-state index in [-0.39, 0.29) is 18.3 Å². The number of likely N-dealkylation sites (N-methyl/N-ethyl adjacent to an activating group) is 1. The highest BCUT2D eigenvalue weighted by Crippen LogP contribution is 2.35. The summed E-state index contributed by atoms with van der Waals surface area (Å²) in [5, 5.41) is 12.1. The second kappa shape index (κ2) is 9.49. The number of hydrogen-bond acceptors (Lipinski definition) is 6. The van der Waals surface area contributed by atoms with Gasteiger partial charge in [0.15, 0.2) is 0 Å². The molecule has 0 atom stereocenters. The van der Waals surface area contributed by atoms with Crippen molar-refractivity contribution in [1.29, 1.82) is 0 Å². The number of nitrogens with one attached hydrogen (secondary N) is 3. The lowest BCUT2D eigenvalue weighted by molar-refractivity contribution is -0.116. The van der Waals surface area contributed by atoms with Crippen LogP contribution in [0.15, 0.2) is 73.4 Å². The molecule has 0 unspecified atom stereocenters. The molecule has 0 radical (unpaired) electrons. The van der Waals surface area contributed by atoms with Gasteiger partial charge in [0.2, 0.25) is 5.91 Å². The number of carbonyl (C=O) groups is 1. The third kappa shape index (κ3) is 4.37. The smallest absolute Gasteiger partial charge is 0.238 e. The summed E-state index contributed by atoms with van der Waals surface area (Å²) < 4.78 is 14.6. The lowest BCUT2D eigenvalue weighted by atomic mass is 10.0. The van der Waals surface area contributed by atoms with E-state index in [1.54, 1.807) is 54.1 Å². The molecule has 1 aromatic carbocycles. The zero-order chi connectivity index (χ0) is 26.2. The van der Waals surface area contributed by atoms with Crippen LogP contribution >= 0.6 is 0 Å². The van der Waals surface area contributed by atoms with Crippen LogP contribution in [0, 0.1) is 5.82 Å². The number of fused-ring (bicyclic) bond motifs is 2. The fourth-order valence-electron chi connectivity index (χ4n) is 4.49. The van der Waals surface area contributed by atoms with E-state index in [4.69, 9.17) is 0 Å². The third-order valence-electron chi connectivity index (χ3n) is 6.19. The second-order valence-corrected chi connectivity index (χ2v) is 9.25. The van der Waals surface area contributed by atoms with Gasteiger partial charge in [0.1, 0.15) is 11.5 Å². The summed E-state index contributed by atoms with van der Waals surface area (Å²) in [6.07, 6.45) is 8.40. The summed E-state index contributed by atoms with van der Waals surface area (Å²) in [6.45, 7) is 0.269. The molecule has 0 aliphatic rings. The van der Waals surface area contributed by atoms with E-state index in [0.717, 1.165) is 33.1 Å². The van der Waals surface area contributed by atoms with Gasteiger partial charge in [0.25, 0.3) is 0 Å². The number of aromatic amines is 2. The molecule has 5 aromatic heterocycles. The third-order valence-corrected chi connectivity index (χ3v) is 6.19. The maximum absolute atomic E-state index is 14.6. The molecule has 9 nitrogen and oxygen atoms in total. The number of amides is 1. The molecule has 0 aliphatic carbocycles. The van der Waals surface area contributed by atoms with E-state index in [9.17, 15) is 9.18 Å². The Morgan fingerprint density at radius 3 is 2.63 bits per heavy atom. The minimum atomic E-state index is -0.306. The van der Waals surface area contributed by atoms with Crippen molar-refractivity contribution in [3.63, 3.8) is 0 Å². The largest absolute Gasteiger partial charge is 0.352 e. The highest BCUT2D eigenvalue weighted by Gasteiger charge is 2.16. The van der Waals surface area contributed by atoms with Crippen LogP contribution < -0.4 is 5.32 Å². The molecule has 0 fully saturated rings. The number of nitrogens with zero attached hydrogens (tertiary/aromatic N) is 5. The maximum Gasteiger partial charge on any atom is 0.238 e. The zero-order valence-electron chi connectivity index (χ0n) is 20.7. The summed E-state index contributed by atoms with van der Waals surface area (Å²) >= 11 is 0. The first-order chi connectivity index (χ1) is 18.5. The quantitative estimate of drug-likeness (QED) is 0.297.